The van der Waals surface area contributed by atoms with E-state index < -0.39 is 11.5 Å². The van der Waals surface area contributed by atoms with Gasteiger partial charge in [-0.3, -0.25) is 9.89 Å². The lowest BCUT2D eigenvalue weighted by Crippen LogP contribution is -2.45. The van der Waals surface area contributed by atoms with E-state index in [9.17, 15) is 9.59 Å². The van der Waals surface area contributed by atoms with Crippen LogP contribution in [0.25, 0.3) is 0 Å². The molecule has 1 aromatic rings. The first-order valence-electron chi connectivity index (χ1n) is 5.19. The second kappa shape index (κ2) is 5.33. The number of aromatic amines is 1. The number of carbonyl (C=O) groups excluding carboxylic acids is 1. The summed E-state index contributed by atoms with van der Waals surface area (Å²) in [7, 11) is 0. The third-order valence-electron chi connectivity index (χ3n) is 2.17. The number of anilines is 1. The first-order valence-corrected chi connectivity index (χ1v) is 5.19. The predicted octanol–water partition coefficient (Wildman–Crippen LogP) is 1.17. The van der Waals surface area contributed by atoms with Gasteiger partial charge in [-0.2, -0.15) is 5.10 Å². The Morgan fingerprint density at radius 1 is 1.53 bits per heavy atom. The summed E-state index contributed by atoms with van der Waals surface area (Å²) in [5.41, 5.74) is -0.0248. The third-order valence-corrected chi connectivity index (χ3v) is 2.17. The van der Waals surface area contributed by atoms with Crippen LogP contribution in [0.2, 0.25) is 0 Å². The van der Waals surface area contributed by atoms with Crippen molar-refractivity contribution in [2.75, 3.05) is 5.32 Å². The van der Waals surface area contributed by atoms with Crippen molar-refractivity contribution >= 4 is 17.7 Å². The normalized spacial score (nSPS) is 10.9. The zero-order chi connectivity index (χ0) is 12.9. The van der Waals surface area contributed by atoms with Gasteiger partial charge in [0.25, 0.3) is 0 Å². The van der Waals surface area contributed by atoms with Crippen LogP contribution in [0.15, 0.2) is 12.4 Å². The molecule has 1 rings (SSSR count). The number of urea groups is 1. The van der Waals surface area contributed by atoms with Gasteiger partial charge in [-0.15, -0.1) is 0 Å². The van der Waals surface area contributed by atoms with Gasteiger partial charge in [0.15, 0.2) is 0 Å². The number of carboxylic acids is 1. The third kappa shape index (κ3) is 5.01. The van der Waals surface area contributed by atoms with Crippen molar-refractivity contribution in [1.29, 1.82) is 0 Å². The number of carboxylic acid groups (broad SMARTS) is 1. The van der Waals surface area contributed by atoms with Gasteiger partial charge < -0.3 is 15.7 Å². The zero-order valence-corrected chi connectivity index (χ0v) is 9.78. The summed E-state index contributed by atoms with van der Waals surface area (Å²) in [6, 6.07) is -0.387. The monoisotopic (exact) mass is 240 g/mol. The van der Waals surface area contributed by atoms with Gasteiger partial charge >= 0.3 is 12.0 Å². The number of rotatable bonds is 5. The highest BCUT2D eigenvalue weighted by Crippen LogP contribution is 2.11. The Hall–Kier alpha value is -2.05. The fraction of sp³-hybridized carbons (Fsp3) is 0.500. The molecule has 7 nitrogen and oxygen atoms in total. The van der Waals surface area contributed by atoms with Gasteiger partial charge in [0.05, 0.1) is 11.9 Å². The number of carbonyl (C=O) groups is 2. The lowest BCUT2D eigenvalue weighted by atomic mass is 9.99. The van der Waals surface area contributed by atoms with E-state index in [2.05, 4.69) is 20.8 Å². The molecule has 0 unspecified atom stereocenters. The number of amides is 2. The summed E-state index contributed by atoms with van der Waals surface area (Å²) in [6.45, 7) is 3.54. The Kier molecular flexibility index (Phi) is 4.08. The molecule has 0 aliphatic carbocycles. The van der Waals surface area contributed by atoms with Crippen LogP contribution < -0.4 is 10.6 Å². The molecule has 0 spiro atoms. The number of nitrogens with zero attached hydrogens (tertiary/aromatic N) is 1. The van der Waals surface area contributed by atoms with Crippen molar-refractivity contribution in [2.45, 2.75) is 32.2 Å². The summed E-state index contributed by atoms with van der Waals surface area (Å²) < 4.78 is 0. The van der Waals surface area contributed by atoms with Gasteiger partial charge in [0.2, 0.25) is 0 Å². The van der Waals surface area contributed by atoms with E-state index in [-0.39, 0.29) is 12.5 Å². The van der Waals surface area contributed by atoms with E-state index in [0.29, 0.717) is 12.1 Å². The maximum absolute atomic E-state index is 11.6. The Labute approximate surface area is 98.6 Å². The van der Waals surface area contributed by atoms with Gasteiger partial charge in [-0.05, 0) is 20.3 Å². The number of hydrogen-bond donors (Lipinski definition) is 4. The van der Waals surface area contributed by atoms with E-state index in [0.717, 1.165) is 0 Å². The van der Waals surface area contributed by atoms with Crippen LogP contribution >= 0.6 is 0 Å². The van der Waals surface area contributed by atoms with E-state index in [1.807, 2.05) is 0 Å². The van der Waals surface area contributed by atoms with Crippen molar-refractivity contribution in [3.63, 3.8) is 0 Å². The standard InChI is InChI=1S/C10H16N4O3/c1-10(2,4-3-8(15)16)14-9(17)13-7-5-11-12-6-7/h5-6H,3-4H2,1-2H3,(H,11,12)(H,15,16)(H2,13,14,17). The number of hydrogen-bond acceptors (Lipinski definition) is 3. The van der Waals surface area contributed by atoms with Crippen molar-refractivity contribution in [3.8, 4) is 0 Å². The highest BCUT2D eigenvalue weighted by molar-refractivity contribution is 5.89. The molecule has 94 valence electrons. The minimum absolute atomic E-state index is 0.0129. The number of aliphatic carboxylic acids is 1. The van der Waals surface area contributed by atoms with Crippen molar-refractivity contribution in [2.24, 2.45) is 0 Å². The molecule has 0 aromatic carbocycles. The Morgan fingerprint density at radius 3 is 2.76 bits per heavy atom. The predicted molar refractivity (Wildman–Crippen MR) is 61.7 cm³/mol. The van der Waals surface area contributed by atoms with Crippen LogP contribution in [-0.4, -0.2) is 32.8 Å². The number of H-pyrrole nitrogens is 1. The maximum Gasteiger partial charge on any atom is 0.319 e. The molecule has 0 bridgehead atoms. The first-order chi connectivity index (χ1) is 7.89. The average Bonchev–Trinajstić information content (AvgIpc) is 2.66. The highest BCUT2D eigenvalue weighted by Gasteiger charge is 2.21. The molecule has 2 amide bonds. The zero-order valence-electron chi connectivity index (χ0n) is 9.78. The molecule has 7 heteroatoms. The van der Waals surface area contributed by atoms with Crippen LogP contribution in [0.5, 0.6) is 0 Å². The maximum atomic E-state index is 11.6. The Morgan fingerprint density at radius 2 is 2.24 bits per heavy atom. The summed E-state index contributed by atoms with van der Waals surface area (Å²) >= 11 is 0. The van der Waals surface area contributed by atoms with Gasteiger partial charge in [-0.1, -0.05) is 0 Å². The first kappa shape index (κ1) is 13.0. The molecule has 0 saturated carbocycles. The highest BCUT2D eigenvalue weighted by atomic mass is 16.4. The fourth-order valence-electron chi connectivity index (χ4n) is 1.27. The van der Waals surface area contributed by atoms with Gasteiger partial charge in [-0.25, -0.2) is 4.79 Å². The SMILES string of the molecule is CC(C)(CCC(=O)O)NC(=O)Nc1cn[nH]c1. The summed E-state index contributed by atoms with van der Waals surface area (Å²) in [5, 5.41) is 20.1. The van der Waals surface area contributed by atoms with Gasteiger partial charge in [0, 0.05) is 18.2 Å². The molecule has 1 heterocycles. The van der Waals surface area contributed by atoms with Crippen LogP contribution in [-0.2, 0) is 4.79 Å². The summed E-state index contributed by atoms with van der Waals surface area (Å²) in [4.78, 5) is 22.0. The molecule has 0 atom stereocenters. The molecule has 17 heavy (non-hydrogen) atoms. The molecule has 1 aromatic heterocycles. The Balaban J connectivity index is 2.41. The van der Waals surface area contributed by atoms with E-state index in [1.165, 1.54) is 6.20 Å². The molecular formula is C10H16N4O3. The average molecular weight is 240 g/mol. The van der Waals surface area contributed by atoms with Crippen molar-refractivity contribution in [3.05, 3.63) is 12.4 Å². The van der Waals surface area contributed by atoms with Gasteiger partial charge in [0.1, 0.15) is 0 Å². The van der Waals surface area contributed by atoms with E-state index in [1.54, 1.807) is 20.0 Å². The smallest absolute Gasteiger partial charge is 0.319 e. The van der Waals surface area contributed by atoms with Crippen molar-refractivity contribution < 1.29 is 14.7 Å². The number of aromatic nitrogens is 2. The molecule has 0 aliphatic rings. The minimum Gasteiger partial charge on any atom is -0.481 e. The quantitative estimate of drug-likeness (QED) is 0.619. The second-order valence-electron chi connectivity index (χ2n) is 4.34. The van der Waals surface area contributed by atoms with Crippen LogP contribution in [0, 0.1) is 0 Å². The number of nitrogens with one attached hydrogen (secondary N) is 3. The molecule has 4 N–H and O–H groups in total. The Bertz CT molecular complexity index is 386. The van der Waals surface area contributed by atoms with Crippen LogP contribution in [0.1, 0.15) is 26.7 Å². The second-order valence-corrected chi connectivity index (χ2v) is 4.34. The lowest BCUT2D eigenvalue weighted by Gasteiger charge is -2.25. The molecule has 0 fully saturated rings. The van der Waals surface area contributed by atoms with E-state index in [4.69, 9.17) is 5.11 Å². The minimum atomic E-state index is -0.880. The summed E-state index contributed by atoms with van der Waals surface area (Å²) in [5.74, 6) is -0.880. The van der Waals surface area contributed by atoms with Crippen molar-refractivity contribution in [1.82, 2.24) is 15.5 Å². The largest absolute Gasteiger partial charge is 0.481 e. The van der Waals surface area contributed by atoms with Crippen LogP contribution in [0.4, 0.5) is 10.5 Å². The molecule has 0 radical (unpaired) electrons. The van der Waals surface area contributed by atoms with Crippen LogP contribution in [0.3, 0.4) is 0 Å². The molecule has 0 aliphatic heterocycles. The fourth-order valence-corrected chi connectivity index (χ4v) is 1.27. The summed E-state index contributed by atoms with van der Waals surface area (Å²) in [6.07, 6.45) is 3.40. The molecule has 0 saturated heterocycles. The topological polar surface area (TPSA) is 107 Å². The molecular weight excluding hydrogens is 224 g/mol. The van der Waals surface area contributed by atoms with E-state index >= 15 is 0 Å². The lowest BCUT2D eigenvalue weighted by molar-refractivity contribution is -0.137.